The van der Waals surface area contributed by atoms with E-state index in [1.54, 1.807) is 0 Å². The van der Waals surface area contributed by atoms with Crippen LogP contribution in [-0.4, -0.2) is 4.98 Å². The van der Waals surface area contributed by atoms with E-state index in [4.69, 9.17) is 0 Å². The molecule has 0 N–H and O–H groups in total. The lowest BCUT2D eigenvalue weighted by Crippen LogP contribution is -1.88. The molecule has 1 heterocycles. The highest BCUT2D eigenvalue weighted by Crippen LogP contribution is 2.21. The van der Waals surface area contributed by atoms with Gasteiger partial charge < -0.3 is 0 Å². The average Bonchev–Trinajstić information content (AvgIpc) is 2.40. The number of nitrogens with zero attached hydrogens (tertiary/aromatic N) is 1. The molecular formula is C16H19N. The zero-order chi connectivity index (χ0) is 12.1. The standard InChI is InChI=1S/C16H19N/c1-3-6-14-7-5-8-15(10-14)16-9-13(4-2)11-17-12-16/h5,7-12H,3-4,6H2,1-2H3. The summed E-state index contributed by atoms with van der Waals surface area (Å²) in [6.07, 6.45) is 7.27. The third kappa shape index (κ3) is 2.94. The van der Waals surface area contributed by atoms with Gasteiger partial charge in [0.05, 0.1) is 0 Å². The van der Waals surface area contributed by atoms with Gasteiger partial charge in [-0.25, -0.2) is 0 Å². The van der Waals surface area contributed by atoms with Crippen LogP contribution in [0.5, 0.6) is 0 Å². The third-order valence-corrected chi connectivity index (χ3v) is 3.00. The Hall–Kier alpha value is -1.63. The van der Waals surface area contributed by atoms with Crippen molar-refractivity contribution < 1.29 is 0 Å². The van der Waals surface area contributed by atoms with Gasteiger partial charge in [-0.3, -0.25) is 4.98 Å². The van der Waals surface area contributed by atoms with Gasteiger partial charge in [-0.1, -0.05) is 44.5 Å². The Morgan fingerprint density at radius 2 is 1.76 bits per heavy atom. The Labute approximate surface area is 104 Å². The molecule has 88 valence electrons. The maximum Gasteiger partial charge on any atom is 0.0346 e. The topological polar surface area (TPSA) is 12.9 Å². The van der Waals surface area contributed by atoms with Gasteiger partial charge in [-0.05, 0) is 35.6 Å². The molecule has 0 aliphatic carbocycles. The van der Waals surface area contributed by atoms with Gasteiger partial charge in [0.1, 0.15) is 0 Å². The molecule has 0 fully saturated rings. The Kier molecular flexibility index (Phi) is 3.92. The minimum absolute atomic E-state index is 1.04. The van der Waals surface area contributed by atoms with Crippen LogP contribution in [0.15, 0.2) is 42.7 Å². The van der Waals surface area contributed by atoms with Crippen LogP contribution in [0.25, 0.3) is 11.1 Å². The van der Waals surface area contributed by atoms with Gasteiger partial charge in [0.15, 0.2) is 0 Å². The van der Waals surface area contributed by atoms with Gasteiger partial charge in [0.25, 0.3) is 0 Å². The van der Waals surface area contributed by atoms with E-state index in [-0.39, 0.29) is 0 Å². The fourth-order valence-electron chi connectivity index (χ4n) is 2.03. The van der Waals surface area contributed by atoms with Gasteiger partial charge in [0, 0.05) is 18.0 Å². The van der Waals surface area contributed by atoms with Gasteiger partial charge in [-0.15, -0.1) is 0 Å². The minimum Gasteiger partial charge on any atom is -0.264 e. The summed E-state index contributed by atoms with van der Waals surface area (Å²) in [5.41, 5.74) is 5.20. The Morgan fingerprint density at radius 3 is 2.53 bits per heavy atom. The zero-order valence-electron chi connectivity index (χ0n) is 10.6. The molecule has 0 atom stereocenters. The summed E-state index contributed by atoms with van der Waals surface area (Å²) in [6.45, 7) is 4.38. The van der Waals surface area contributed by atoms with Crippen LogP contribution in [0.4, 0.5) is 0 Å². The van der Waals surface area contributed by atoms with E-state index < -0.39 is 0 Å². The van der Waals surface area contributed by atoms with Crippen LogP contribution in [0, 0.1) is 0 Å². The maximum atomic E-state index is 4.31. The van der Waals surface area contributed by atoms with Crippen molar-refractivity contribution in [3.63, 3.8) is 0 Å². The van der Waals surface area contributed by atoms with Crippen LogP contribution in [0.3, 0.4) is 0 Å². The summed E-state index contributed by atoms with van der Waals surface area (Å²) in [6, 6.07) is 11.0. The Balaban J connectivity index is 2.34. The fraction of sp³-hybridized carbons (Fsp3) is 0.312. The predicted octanol–water partition coefficient (Wildman–Crippen LogP) is 4.26. The first-order chi connectivity index (χ1) is 8.33. The summed E-state index contributed by atoms with van der Waals surface area (Å²) in [5.74, 6) is 0. The molecule has 0 saturated carbocycles. The van der Waals surface area contributed by atoms with Crippen molar-refractivity contribution in [1.82, 2.24) is 4.98 Å². The highest BCUT2D eigenvalue weighted by Gasteiger charge is 2.00. The lowest BCUT2D eigenvalue weighted by atomic mass is 10.0. The molecule has 1 nitrogen and oxygen atoms in total. The van der Waals surface area contributed by atoms with Crippen molar-refractivity contribution in [2.45, 2.75) is 33.1 Å². The first-order valence-corrected chi connectivity index (χ1v) is 6.36. The third-order valence-electron chi connectivity index (χ3n) is 3.00. The summed E-state index contributed by atoms with van der Waals surface area (Å²) >= 11 is 0. The van der Waals surface area contributed by atoms with E-state index in [0.717, 1.165) is 12.8 Å². The zero-order valence-corrected chi connectivity index (χ0v) is 10.6. The molecule has 0 spiro atoms. The Morgan fingerprint density at radius 1 is 0.941 bits per heavy atom. The van der Waals surface area contributed by atoms with Crippen molar-refractivity contribution in [2.24, 2.45) is 0 Å². The molecule has 2 rings (SSSR count). The molecule has 0 saturated heterocycles. The highest BCUT2D eigenvalue weighted by molar-refractivity contribution is 5.63. The van der Waals surface area contributed by atoms with Crippen LogP contribution < -0.4 is 0 Å². The molecule has 0 unspecified atom stereocenters. The quantitative estimate of drug-likeness (QED) is 0.757. The molecule has 0 amide bonds. The maximum absolute atomic E-state index is 4.31. The molecule has 0 bridgehead atoms. The van der Waals surface area contributed by atoms with Crippen LogP contribution >= 0.6 is 0 Å². The number of pyridine rings is 1. The number of hydrogen-bond donors (Lipinski definition) is 0. The normalized spacial score (nSPS) is 10.5. The Bertz CT molecular complexity index is 488. The van der Waals surface area contributed by atoms with Gasteiger partial charge in [0.2, 0.25) is 0 Å². The summed E-state index contributed by atoms with van der Waals surface area (Å²) in [4.78, 5) is 4.31. The molecule has 1 aromatic carbocycles. The van der Waals surface area contributed by atoms with Gasteiger partial charge in [-0.2, -0.15) is 0 Å². The second-order valence-electron chi connectivity index (χ2n) is 4.39. The molecule has 0 radical (unpaired) electrons. The first kappa shape index (κ1) is 11.8. The first-order valence-electron chi connectivity index (χ1n) is 6.36. The number of benzene rings is 1. The van der Waals surface area contributed by atoms with E-state index in [9.17, 15) is 0 Å². The molecule has 2 aromatic rings. The second kappa shape index (κ2) is 5.62. The predicted molar refractivity (Wildman–Crippen MR) is 73.0 cm³/mol. The lowest BCUT2D eigenvalue weighted by molar-refractivity contribution is 0.922. The molecule has 17 heavy (non-hydrogen) atoms. The van der Waals surface area contributed by atoms with Crippen molar-refractivity contribution in [1.29, 1.82) is 0 Å². The number of hydrogen-bond acceptors (Lipinski definition) is 1. The van der Waals surface area contributed by atoms with E-state index in [1.807, 2.05) is 12.4 Å². The van der Waals surface area contributed by atoms with Crippen molar-refractivity contribution >= 4 is 0 Å². The van der Waals surface area contributed by atoms with Crippen LogP contribution in [0.2, 0.25) is 0 Å². The second-order valence-corrected chi connectivity index (χ2v) is 4.39. The number of rotatable bonds is 4. The van der Waals surface area contributed by atoms with E-state index in [2.05, 4.69) is 49.2 Å². The number of aryl methyl sites for hydroxylation is 2. The van der Waals surface area contributed by atoms with Crippen molar-refractivity contribution in [3.8, 4) is 11.1 Å². The summed E-state index contributed by atoms with van der Waals surface area (Å²) in [7, 11) is 0. The summed E-state index contributed by atoms with van der Waals surface area (Å²) < 4.78 is 0. The highest BCUT2D eigenvalue weighted by atomic mass is 14.6. The summed E-state index contributed by atoms with van der Waals surface area (Å²) in [5, 5.41) is 0. The molecule has 1 aromatic heterocycles. The molecular weight excluding hydrogens is 206 g/mol. The van der Waals surface area contributed by atoms with E-state index >= 15 is 0 Å². The van der Waals surface area contributed by atoms with Crippen LogP contribution in [0.1, 0.15) is 31.4 Å². The van der Waals surface area contributed by atoms with Crippen molar-refractivity contribution in [2.75, 3.05) is 0 Å². The van der Waals surface area contributed by atoms with Gasteiger partial charge >= 0.3 is 0 Å². The van der Waals surface area contributed by atoms with E-state index in [1.165, 1.54) is 28.7 Å². The molecule has 0 aliphatic rings. The molecule has 1 heteroatoms. The average molecular weight is 225 g/mol. The SMILES string of the molecule is CCCc1cccc(-c2cncc(CC)c2)c1. The van der Waals surface area contributed by atoms with Crippen molar-refractivity contribution in [3.05, 3.63) is 53.9 Å². The minimum atomic E-state index is 1.04. The smallest absolute Gasteiger partial charge is 0.0346 e. The lowest BCUT2D eigenvalue weighted by Gasteiger charge is -2.06. The molecule has 0 aliphatic heterocycles. The fourth-order valence-corrected chi connectivity index (χ4v) is 2.03. The number of aromatic nitrogens is 1. The van der Waals surface area contributed by atoms with Crippen LogP contribution in [-0.2, 0) is 12.8 Å². The monoisotopic (exact) mass is 225 g/mol. The largest absolute Gasteiger partial charge is 0.264 e. The van der Waals surface area contributed by atoms with E-state index in [0.29, 0.717) is 0 Å².